The Morgan fingerprint density at radius 2 is 1.74 bits per heavy atom. The third-order valence-electron chi connectivity index (χ3n) is 4.85. The Balaban J connectivity index is 2.17. The second-order valence-electron chi connectivity index (χ2n) is 6.82. The zero-order valence-corrected chi connectivity index (χ0v) is 17.8. The van der Waals surface area contributed by atoms with Crippen molar-refractivity contribution in [3.63, 3.8) is 0 Å². The lowest BCUT2D eigenvalue weighted by Gasteiger charge is -2.36. The van der Waals surface area contributed by atoms with Crippen molar-refractivity contribution < 1.29 is 43.5 Å². The minimum atomic E-state index is -1.17. The topological polar surface area (TPSA) is 121 Å². The van der Waals surface area contributed by atoms with E-state index in [-0.39, 0.29) is 30.8 Å². The Morgan fingerprint density at radius 3 is 2.32 bits per heavy atom. The summed E-state index contributed by atoms with van der Waals surface area (Å²) in [4.78, 5) is 23.3. The second kappa shape index (κ2) is 13.1. The Morgan fingerprint density at radius 1 is 1.06 bits per heavy atom. The highest BCUT2D eigenvalue weighted by Gasteiger charge is 2.38. The summed E-state index contributed by atoms with van der Waals surface area (Å²) >= 11 is 0. The van der Waals surface area contributed by atoms with E-state index in [4.69, 9.17) is 28.8 Å². The first kappa shape index (κ1) is 24.8. The summed E-state index contributed by atoms with van der Waals surface area (Å²) in [6, 6.07) is 6.84. The fourth-order valence-electron chi connectivity index (χ4n) is 3.38. The average Bonchev–Trinajstić information content (AvgIpc) is 2.78. The summed E-state index contributed by atoms with van der Waals surface area (Å²) < 4.78 is 26.8. The van der Waals surface area contributed by atoms with Crippen LogP contribution >= 0.6 is 0 Å². The fourth-order valence-corrected chi connectivity index (χ4v) is 3.38. The van der Waals surface area contributed by atoms with Gasteiger partial charge in [0.05, 0.1) is 39.1 Å². The zero-order chi connectivity index (χ0) is 22.6. The van der Waals surface area contributed by atoms with Gasteiger partial charge in [-0.25, -0.2) is 9.59 Å². The largest absolute Gasteiger partial charge is 0.475 e. The molecule has 9 heteroatoms. The second-order valence-corrected chi connectivity index (χ2v) is 6.82. The van der Waals surface area contributed by atoms with Crippen molar-refractivity contribution in [3.8, 4) is 0 Å². The molecule has 0 fully saturated rings. The number of carbonyl (C=O) groups excluding carboxylic acids is 1. The first-order chi connectivity index (χ1) is 15.0. The molecular formula is C22H30O9. The van der Waals surface area contributed by atoms with Gasteiger partial charge in [-0.2, -0.15) is 0 Å². The van der Waals surface area contributed by atoms with Gasteiger partial charge in [0, 0.05) is 25.0 Å². The van der Waals surface area contributed by atoms with Gasteiger partial charge in [-0.05, 0) is 37.1 Å². The van der Waals surface area contributed by atoms with Crippen LogP contribution in [0.1, 0.15) is 35.2 Å². The minimum Gasteiger partial charge on any atom is -0.475 e. The molecule has 0 spiro atoms. The number of esters is 1. The number of aliphatic hydroxyl groups is 1. The standard InChI is InChI=1S/C22H30O9/c1-3-30-22-17(8-10-28-12-13-29-11-9-23)18(14-19(31-22)20(24)25)15-4-6-16(7-5-15)21(26)27-2/h4-7,14,17-18,22-23H,3,8-13H2,1-2H3,(H,24,25)/t17-,18+,22+/m0/s1. The Hall–Kier alpha value is -2.46. The number of carbonyl (C=O) groups is 2. The van der Waals surface area contributed by atoms with Crippen molar-refractivity contribution in [1.82, 2.24) is 0 Å². The van der Waals surface area contributed by atoms with Crippen LogP contribution in [-0.4, -0.2) is 75.2 Å². The van der Waals surface area contributed by atoms with Gasteiger partial charge in [-0.15, -0.1) is 0 Å². The number of hydrogen-bond acceptors (Lipinski definition) is 8. The molecule has 1 heterocycles. The molecule has 0 unspecified atom stereocenters. The summed E-state index contributed by atoms with van der Waals surface area (Å²) in [7, 11) is 1.31. The van der Waals surface area contributed by atoms with Gasteiger partial charge >= 0.3 is 11.9 Å². The molecular weight excluding hydrogens is 408 g/mol. The van der Waals surface area contributed by atoms with Gasteiger partial charge in [0.1, 0.15) is 0 Å². The van der Waals surface area contributed by atoms with Gasteiger partial charge in [0.15, 0.2) is 0 Å². The number of rotatable bonds is 13. The Labute approximate surface area is 181 Å². The highest BCUT2D eigenvalue weighted by molar-refractivity contribution is 5.89. The lowest BCUT2D eigenvalue weighted by Crippen LogP contribution is -2.37. The van der Waals surface area contributed by atoms with Crippen LogP contribution in [-0.2, 0) is 28.5 Å². The van der Waals surface area contributed by atoms with E-state index < -0.39 is 18.2 Å². The van der Waals surface area contributed by atoms with Crippen LogP contribution in [0.4, 0.5) is 0 Å². The first-order valence-corrected chi connectivity index (χ1v) is 10.2. The van der Waals surface area contributed by atoms with Gasteiger partial charge in [-0.1, -0.05) is 12.1 Å². The molecule has 0 aromatic heterocycles. The highest BCUT2D eigenvalue weighted by Crippen LogP contribution is 2.38. The summed E-state index contributed by atoms with van der Waals surface area (Å²) in [5.41, 5.74) is 1.24. The first-order valence-electron chi connectivity index (χ1n) is 10.2. The number of benzene rings is 1. The molecule has 1 aliphatic rings. The van der Waals surface area contributed by atoms with Crippen molar-refractivity contribution in [2.24, 2.45) is 5.92 Å². The molecule has 2 N–H and O–H groups in total. The van der Waals surface area contributed by atoms with Gasteiger partial charge in [0.2, 0.25) is 12.0 Å². The predicted octanol–water partition coefficient (Wildman–Crippen LogP) is 1.95. The van der Waals surface area contributed by atoms with E-state index in [1.165, 1.54) is 7.11 Å². The van der Waals surface area contributed by atoms with Gasteiger partial charge in [-0.3, -0.25) is 0 Å². The SMILES string of the molecule is CCO[C@@H]1OC(C(=O)O)=C[C@H](c2ccc(C(=O)OC)cc2)[C@@H]1CCOCCOCCO. The molecule has 1 aromatic carbocycles. The maximum atomic E-state index is 11.7. The van der Waals surface area contributed by atoms with Crippen molar-refractivity contribution in [3.05, 3.63) is 47.2 Å². The lowest BCUT2D eigenvalue weighted by molar-refractivity contribution is -0.174. The molecule has 1 aliphatic heterocycles. The van der Waals surface area contributed by atoms with E-state index in [1.54, 1.807) is 30.3 Å². The number of hydrogen-bond donors (Lipinski definition) is 2. The number of methoxy groups -OCH3 is 1. The van der Waals surface area contributed by atoms with E-state index in [9.17, 15) is 14.7 Å². The molecule has 0 bridgehead atoms. The molecule has 172 valence electrons. The maximum Gasteiger partial charge on any atom is 0.370 e. The molecule has 1 aromatic rings. The monoisotopic (exact) mass is 438 g/mol. The van der Waals surface area contributed by atoms with E-state index in [1.807, 2.05) is 6.92 Å². The minimum absolute atomic E-state index is 0.0376. The maximum absolute atomic E-state index is 11.7. The molecule has 9 nitrogen and oxygen atoms in total. The van der Waals surface area contributed by atoms with Crippen LogP contribution < -0.4 is 0 Å². The van der Waals surface area contributed by atoms with E-state index in [0.29, 0.717) is 38.4 Å². The molecule has 0 aliphatic carbocycles. The molecule has 0 amide bonds. The summed E-state index contributed by atoms with van der Waals surface area (Å²) in [5, 5.41) is 18.2. The number of aliphatic hydroxyl groups excluding tert-OH is 1. The highest BCUT2D eigenvalue weighted by atomic mass is 16.7. The van der Waals surface area contributed by atoms with Crippen molar-refractivity contribution >= 4 is 11.9 Å². The van der Waals surface area contributed by atoms with Crippen LogP contribution in [0.3, 0.4) is 0 Å². The van der Waals surface area contributed by atoms with Gasteiger partial charge in [0.25, 0.3) is 0 Å². The lowest BCUT2D eigenvalue weighted by atomic mass is 9.81. The molecule has 31 heavy (non-hydrogen) atoms. The van der Waals surface area contributed by atoms with Crippen LogP contribution in [0.5, 0.6) is 0 Å². The van der Waals surface area contributed by atoms with Crippen LogP contribution in [0, 0.1) is 5.92 Å². The average molecular weight is 438 g/mol. The van der Waals surface area contributed by atoms with E-state index in [0.717, 1.165) is 5.56 Å². The van der Waals surface area contributed by atoms with Gasteiger partial charge < -0.3 is 33.9 Å². The van der Waals surface area contributed by atoms with Crippen LogP contribution in [0.15, 0.2) is 36.1 Å². The quantitative estimate of drug-likeness (QED) is 0.352. The van der Waals surface area contributed by atoms with Crippen LogP contribution in [0.2, 0.25) is 0 Å². The third-order valence-corrected chi connectivity index (χ3v) is 4.85. The van der Waals surface area contributed by atoms with Crippen molar-refractivity contribution in [2.45, 2.75) is 25.6 Å². The number of carboxylic acids is 1. The zero-order valence-electron chi connectivity index (χ0n) is 17.8. The van der Waals surface area contributed by atoms with E-state index in [2.05, 4.69) is 0 Å². The van der Waals surface area contributed by atoms with Crippen LogP contribution in [0.25, 0.3) is 0 Å². The molecule has 0 radical (unpaired) electrons. The molecule has 0 saturated heterocycles. The van der Waals surface area contributed by atoms with E-state index >= 15 is 0 Å². The third kappa shape index (κ3) is 7.32. The molecule has 0 saturated carbocycles. The normalized spacial score (nSPS) is 20.6. The number of ether oxygens (including phenoxy) is 5. The Bertz CT molecular complexity index is 729. The number of aliphatic carboxylic acids is 1. The smallest absolute Gasteiger partial charge is 0.370 e. The van der Waals surface area contributed by atoms with Crippen molar-refractivity contribution in [2.75, 3.05) is 46.8 Å². The molecule has 3 atom stereocenters. The molecule has 2 rings (SSSR count). The summed E-state index contributed by atoms with van der Waals surface area (Å²) in [6.07, 6.45) is 1.37. The van der Waals surface area contributed by atoms with Crippen molar-refractivity contribution in [1.29, 1.82) is 0 Å². The number of allylic oxidation sites excluding steroid dienone is 1. The summed E-state index contributed by atoms with van der Waals surface area (Å²) in [6.45, 7) is 3.54. The fraction of sp³-hybridized carbons (Fsp3) is 0.545. The predicted molar refractivity (Wildman–Crippen MR) is 110 cm³/mol. The Kier molecular flexibility index (Phi) is 10.5. The summed E-state index contributed by atoms with van der Waals surface area (Å²) in [5.74, 6) is -2.30. The number of carboxylic acid groups (broad SMARTS) is 1.